The normalized spacial score (nSPS) is 14.2. The number of likely N-dealkylation sites (tertiary alicyclic amines) is 1. The highest BCUT2D eigenvalue weighted by Crippen LogP contribution is 2.26. The lowest BCUT2D eigenvalue weighted by Crippen LogP contribution is -2.35. The highest BCUT2D eigenvalue weighted by atomic mass is 16.6. The van der Waals surface area contributed by atoms with Gasteiger partial charge in [-0.1, -0.05) is 0 Å². The van der Waals surface area contributed by atoms with Gasteiger partial charge in [-0.25, -0.2) is 0 Å². The minimum atomic E-state index is -0.532. The molecule has 0 bridgehead atoms. The van der Waals surface area contributed by atoms with Gasteiger partial charge in [0, 0.05) is 31.3 Å². The van der Waals surface area contributed by atoms with E-state index in [1.165, 1.54) is 12.1 Å². The third kappa shape index (κ3) is 4.41. The van der Waals surface area contributed by atoms with Gasteiger partial charge in [0.05, 0.1) is 4.92 Å². The van der Waals surface area contributed by atoms with Crippen LogP contribution in [0, 0.1) is 10.1 Å². The number of hydrogen-bond donors (Lipinski definition) is 1. The van der Waals surface area contributed by atoms with Gasteiger partial charge in [0.15, 0.2) is 0 Å². The number of amides is 1. The zero-order chi connectivity index (χ0) is 16.7. The van der Waals surface area contributed by atoms with Crippen LogP contribution in [-0.4, -0.2) is 48.4 Å². The third-order valence-corrected chi connectivity index (χ3v) is 3.69. The number of carbonyl (C=O) groups excluding carboxylic acids is 2. The van der Waals surface area contributed by atoms with E-state index in [-0.39, 0.29) is 24.7 Å². The van der Waals surface area contributed by atoms with Crippen LogP contribution in [0.2, 0.25) is 0 Å². The second kappa shape index (κ2) is 8.11. The minimum Gasteiger partial charge on any atom is -0.466 e. The summed E-state index contributed by atoms with van der Waals surface area (Å²) in [5.74, 6) is -0.177. The van der Waals surface area contributed by atoms with Crippen molar-refractivity contribution >= 4 is 23.8 Å². The topological polar surface area (TPSA) is 102 Å². The van der Waals surface area contributed by atoms with Crippen molar-refractivity contribution in [3.8, 4) is 0 Å². The summed E-state index contributed by atoms with van der Waals surface area (Å²) in [5.41, 5.74) is 0.437. The Bertz CT molecular complexity index is 584. The van der Waals surface area contributed by atoms with E-state index in [0.717, 1.165) is 19.3 Å². The predicted octanol–water partition coefficient (Wildman–Crippen LogP) is 1.81. The standard InChI is InChI=1S/C15H19N3O5/c19-11-23-9-6-16-13-5-4-12(10-14(13)18(21)22)15(20)17-7-2-1-3-8-17/h4-5,10-11,16H,1-3,6-9H2. The van der Waals surface area contributed by atoms with E-state index in [9.17, 15) is 19.7 Å². The Morgan fingerprint density at radius 1 is 1.35 bits per heavy atom. The Morgan fingerprint density at radius 3 is 2.74 bits per heavy atom. The molecule has 0 aliphatic carbocycles. The van der Waals surface area contributed by atoms with Crippen molar-refractivity contribution in [2.75, 3.05) is 31.6 Å². The molecule has 1 aliphatic heterocycles. The number of carbonyl (C=O) groups is 2. The molecular formula is C15H19N3O5. The minimum absolute atomic E-state index is 0.106. The Morgan fingerprint density at radius 2 is 2.09 bits per heavy atom. The Hall–Kier alpha value is -2.64. The molecule has 1 aromatic carbocycles. The van der Waals surface area contributed by atoms with Crippen molar-refractivity contribution in [3.63, 3.8) is 0 Å². The number of piperidine rings is 1. The van der Waals surface area contributed by atoms with Gasteiger partial charge < -0.3 is 15.0 Å². The van der Waals surface area contributed by atoms with Crippen molar-refractivity contribution < 1.29 is 19.2 Å². The fourth-order valence-corrected chi connectivity index (χ4v) is 2.54. The van der Waals surface area contributed by atoms with Crippen molar-refractivity contribution in [3.05, 3.63) is 33.9 Å². The second-order valence-corrected chi connectivity index (χ2v) is 5.24. The summed E-state index contributed by atoms with van der Waals surface area (Å²) in [6, 6.07) is 4.38. The van der Waals surface area contributed by atoms with E-state index in [2.05, 4.69) is 10.1 Å². The molecule has 1 saturated heterocycles. The molecule has 23 heavy (non-hydrogen) atoms. The average molecular weight is 321 g/mol. The van der Waals surface area contributed by atoms with Gasteiger partial charge in [0.25, 0.3) is 18.1 Å². The lowest BCUT2D eigenvalue weighted by atomic mass is 10.1. The molecule has 8 heteroatoms. The van der Waals surface area contributed by atoms with Crippen LogP contribution in [0.3, 0.4) is 0 Å². The fraction of sp³-hybridized carbons (Fsp3) is 0.467. The number of anilines is 1. The van der Waals surface area contributed by atoms with Gasteiger partial charge in [-0.3, -0.25) is 19.7 Å². The molecule has 1 aromatic rings. The zero-order valence-corrected chi connectivity index (χ0v) is 12.7. The smallest absolute Gasteiger partial charge is 0.293 e. The van der Waals surface area contributed by atoms with E-state index >= 15 is 0 Å². The van der Waals surface area contributed by atoms with Crippen LogP contribution >= 0.6 is 0 Å². The van der Waals surface area contributed by atoms with Crippen molar-refractivity contribution in [2.45, 2.75) is 19.3 Å². The molecule has 0 saturated carbocycles. The molecule has 1 fully saturated rings. The number of nitrogens with one attached hydrogen (secondary N) is 1. The van der Waals surface area contributed by atoms with Gasteiger partial charge in [-0.15, -0.1) is 0 Å². The van der Waals surface area contributed by atoms with Gasteiger partial charge in [0.2, 0.25) is 0 Å². The summed E-state index contributed by atoms with van der Waals surface area (Å²) in [4.78, 5) is 34.9. The molecular weight excluding hydrogens is 302 g/mol. The van der Waals surface area contributed by atoms with Crippen LogP contribution in [0.5, 0.6) is 0 Å². The summed E-state index contributed by atoms with van der Waals surface area (Å²) in [5, 5.41) is 14.0. The fourth-order valence-electron chi connectivity index (χ4n) is 2.54. The number of benzene rings is 1. The number of rotatable bonds is 7. The third-order valence-electron chi connectivity index (χ3n) is 3.69. The first-order valence-electron chi connectivity index (χ1n) is 7.50. The van der Waals surface area contributed by atoms with Crippen LogP contribution in [0.1, 0.15) is 29.6 Å². The maximum atomic E-state index is 12.4. The molecule has 124 valence electrons. The first kappa shape index (κ1) is 16.7. The maximum Gasteiger partial charge on any atom is 0.293 e. The molecule has 0 atom stereocenters. The van der Waals surface area contributed by atoms with Gasteiger partial charge in [-0.2, -0.15) is 0 Å². The largest absolute Gasteiger partial charge is 0.466 e. The summed E-state index contributed by atoms with van der Waals surface area (Å²) in [7, 11) is 0. The molecule has 0 aromatic heterocycles. The number of nitro benzene ring substituents is 1. The second-order valence-electron chi connectivity index (χ2n) is 5.24. The van der Waals surface area contributed by atoms with Crippen LogP contribution in [0.25, 0.3) is 0 Å². The number of hydrogen-bond acceptors (Lipinski definition) is 6. The lowest BCUT2D eigenvalue weighted by Gasteiger charge is -2.26. The average Bonchev–Trinajstić information content (AvgIpc) is 2.59. The zero-order valence-electron chi connectivity index (χ0n) is 12.7. The molecule has 2 rings (SSSR count). The summed E-state index contributed by atoms with van der Waals surface area (Å²) in [6.07, 6.45) is 3.03. The van der Waals surface area contributed by atoms with Gasteiger partial charge >= 0.3 is 0 Å². The molecule has 1 amide bonds. The van der Waals surface area contributed by atoms with Crippen LogP contribution in [0.15, 0.2) is 18.2 Å². The number of nitro groups is 1. The number of ether oxygens (including phenoxy) is 1. The molecule has 0 unspecified atom stereocenters. The Kier molecular flexibility index (Phi) is 5.90. The first-order chi connectivity index (χ1) is 11.1. The molecule has 1 aliphatic rings. The quantitative estimate of drug-likeness (QED) is 0.356. The van der Waals surface area contributed by atoms with E-state index < -0.39 is 4.92 Å². The molecule has 1 heterocycles. The van der Waals surface area contributed by atoms with Gasteiger partial charge in [0.1, 0.15) is 12.3 Å². The summed E-state index contributed by atoms with van der Waals surface area (Å²) >= 11 is 0. The van der Waals surface area contributed by atoms with Gasteiger partial charge in [-0.05, 0) is 31.4 Å². The van der Waals surface area contributed by atoms with Crippen LogP contribution < -0.4 is 5.32 Å². The number of nitrogens with zero attached hydrogens (tertiary/aromatic N) is 2. The van der Waals surface area contributed by atoms with E-state index in [1.54, 1.807) is 11.0 Å². The molecule has 1 N–H and O–H groups in total. The molecule has 8 nitrogen and oxygen atoms in total. The highest BCUT2D eigenvalue weighted by molar-refractivity contribution is 5.95. The Balaban J connectivity index is 2.12. The van der Waals surface area contributed by atoms with Crippen LogP contribution in [-0.2, 0) is 9.53 Å². The van der Waals surface area contributed by atoms with Crippen molar-refractivity contribution in [1.82, 2.24) is 4.90 Å². The summed E-state index contributed by atoms with van der Waals surface area (Å²) < 4.78 is 4.52. The van der Waals surface area contributed by atoms with Crippen LogP contribution in [0.4, 0.5) is 11.4 Å². The first-order valence-corrected chi connectivity index (χ1v) is 7.50. The predicted molar refractivity (Wildman–Crippen MR) is 83.4 cm³/mol. The molecule has 0 spiro atoms. The molecule has 0 radical (unpaired) electrons. The SMILES string of the molecule is O=COCCNc1ccc(C(=O)N2CCCCC2)cc1[N+](=O)[O-]. The van der Waals surface area contributed by atoms with E-state index in [1.807, 2.05) is 0 Å². The summed E-state index contributed by atoms with van der Waals surface area (Å²) in [6.45, 7) is 2.05. The van der Waals surface area contributed by atoms with E-state index in [0.29, 0.717) is 30.8 Å². The van der Waals surface area contributed by atoms with Crippen molar-refractivity contribution in [2.24, 2.45) is 0 Å². The lowest BCUT2D eigenvalue weighted by molar-refractivity contribution is -0.384. The van der Waals surface area contributed by atoms with Crippen molar-refractivity contribution in [1.29, 1.82) is 0 Å². The Labute approximate surface area is 133 Å². The highest BCUT2D eigenvalue weighted by Gasteiger charge is 2.22. The monoisotopic (exact) mass is 321 g/mol. The maximum absolute atomic E-state index is 12.4. The van der Waals surface area contributed by atoms with E-state index in [4.69, 9.17) is 0 Å².